The summed E-state index contributed by atoms with van der Waals surface area (Å²) in [6.07, 6.45) is 4.47. The van der Waals surface area contributed by atoms with E-state index in [1.54, 1.807) is 12.3 Å². The van der Waals surface area contributed by atoms with E-state index in [-0.39, 0.29) is 18.4 Å². The van der Waals surface area contributed by atoms with Crippen LogP contribution in [-0.4, -0.2) is 29.4 Å². The van der Waals surface area contributed by atoms with Gasteiger partial charge in [-0.1, -0.05) is 18.5 Å². The van der Waals surface area contributed by atoms with Gasteiger partial charge < -0.3 is 15.3 Å². The minimum Gasteiger partial charge on any atom is -0.461 e. The average molecular weight is 311 g/mol. The largest absolute Gasteiger partial charge is 0.461 e. The summed E-state index contributed by atoms with van der Waals surface area (Å²) < 4.78 is 5.01. The van der Waals surface area contributed by atoms with Crippen molar-refractivity contribution in [2.24, 2.45) is 11.1 Å². The summed E-state index contributed by atoms with van der Waals surface area (Å²) in [7, 11) is 0. The number of esters is 1. The molecular weight excluding hydrogens is 290 g/mol. The summed E-state index contributed by atoms with van der Waals surface area (Å²) in [5, 5.41) is 6.09. The van der Waals surface area contributed by atoms with Crippen LogP contribution in [0, 0.1) is 5.92 Å². The fraction of sp³-hybridized carbons (Fsp3) is 0.643. The van der Waals surface area contributed by atoms with Gasteiger partial charge in [0.25, 0.3) is 0 Å². The van der Waals surface area contributed by atoms with Crippen LogP contribution in [0.1, 0.15) is 45.2 Å². The molecule has 0 aromatic carbocycles. The van der Waals surface area contributed by atoms with E-state index in [2.05, 4.69) is 17.1 Å². The molecule has 21 heavy (non-hydrogen) atoms. The van der Waals surface area contributed by atoms with Crippen LogP contribution in [0.2, 0.25) is 0 Å². The number of carbonyl (C=O) groups excluding carboxylic acids is 1. The first-order chi connectivity index (χ1) is 10.1. The van der Waals surface area contributed by atoms with Crippen molar-refractivity contribution in [2.75, 3.05) is 12.3 Å². The zero-order valence-corrected chi connectivity index (χ0v) is 13.2. The highest BCUT2D eigenvalue weighted by Crippen LogP contribution is 2.26. The Bertz CT molecular complexity index is 515. The quantitative estimate of drug-likeness (QED) is 0.513. The minimum atomic E-state index is -0.536. The molecule has 1 aliphatic carbocycles. The third-order valence-electron chi connectivity index (χ3n) is 3.55. The van der Waals surface area contributed by atoms with E-state index in [1.165, 1.54) is 17.8 Å². The number of aromatic nitrogens is 1. The maximum absolute atomic E-state index is 12.0. The van der Waals surface area contributed by atoms with Crippen molar-refractivity contribution in [1.82, 2.24) is 4.98 Å². The molecule has 2 rings (SSSR count). The summed E-state index contributed by atoms with van der Waals surface area (Å²) in [5.41, 5.74) is 6.10. The molecule has 0 saturated heterocycles. The van der Waals surface area contributed by atoms with Gasteiger partial charge in [0.15, 0.2) is 5.13 Å². The lowest BCUT2D eigenvalue weighted by molar-refractivity contribution is -0.135. The normalized spacial score (nSPS) is 22.9. The van der Waals surface area contributed by atoms with Gasteiger partial charge in [0.2, 0.25) is 5.71 Å². The van der Waals surface area contributed by atoms with Crippen molar-refractivity contribution < 1.29 is 14.4 Å². The van der Waals surface area contributed by atoms with Gasteiger partial charge in [0.1, 0.15) is 11.8 Å². The number of thiazole rings is 1. The molecule has 1 saturated carbocycles. The van der Waals surface area contributed by atoms with Gasteiger partial charge in [-0.25, -0.2) is 9.78 Å². The number of hydrogen-bond acceptors (Lipinski definition) is 7. The summed E-state index contributed by atoms with van der Waals surface area (Å²) in [6, 6.07) is 0. The van der Waals surface area contributed by atoms with Gasteiger partial charge in [-0.2, -0.15) is 0 Å². The SMILES string of the molecule is CCOC(=O)/C(=N\OC1CCCCC1C)c1csc(N)n1. The van der Waals surface area contributed by atoms with Crippen molar-refractivity contribution in [3.05, 3.63) is 11.1 Å². The second-order valence-corrected chi connectivity index (χ2v) is 6.03. The van der Waals surface area contributed by atoms with Gasteiger partial charge in [0.05, 0.1) is 6.61 Å². The Morgan fingerprint density at radius 3 is 2.90 bits per heavy atom. The highest BCUT2D eigenvalue weighted by atomic mass is 32.1. The van der Waals surface area contributed by atoms with E-state index in [4.69, 9.17) is 15.3 Å². The van der Waals surface area contributed by atoms with Crippen LogP contribution in [0.15, 0.2) is 10.5 Å². The molecular formula is C14H21N3O3S. The highest BCUT2D eigenvalue weighted by molar-refractivity contribution is 7.13. The van der Waals surface area contributed by atoms with Crippen LogP contribution in [0.4, 0.5) is 5.13 Å². The Balaban J connectivity index is 2.14. The van der Waals surface area contributed by atoms with E-state index >= 15 is 0 Å². The van der Waals surface area contributed by atoms with Crippen molar-refractivity contribution in [3.8, 4) is 0 Å². The molecule has 0 aliphatic heterocycles. The third-order valence-corrected chi connectivity index (χ3v) is 4.22. The van der Waals surface area contributed by atoms with Gasteiger partial charge in [-0.3, -0.25) is 0 Å². The van der Waals surface area contributed by atoms with Crippen LogP contribution in [0.5, 0.6) is 0 Å². The molecule has 2 unspecified atom stereocenters. The van der Waals surface area contributed by atoms with Crippen LogP contribution in [0.3, 0.4) is 0 Å². The number of rotatable bonds is 5. The minimum absolute atomic E-state index is 0.0409. The fourth-order valence-electron chi connectivity index (χ4n) is 2.34. The number of carbonyl (C=O) groups is 1. The second kappa shape index (κ2) is 7.40. The standard InChI is InChI=1S/C14H21N3O3S/c1-3-19-13(18)12(10-8-21-14(15)16-10)17-20-11-7-5-4-6-9(11)2/h8-9,11H,3-7H2,1-2H3,(H2,15,16)/b17-12-. The second-order valence-electron chi connectivity index (χ2n) is 5.14. The molecule has 0 spiro atoms. The third kappa shape index (κ3) is 4.17. The number of nitrogen functional groups attached to an aromatic ring is 1. The summed E-state index contributed by atoms with van der Waals surface area (Å²) >= 11 is 1.25. The molecule has 0 bridgehead atoms. The van der Waals surface area contributed by atoms with E-state index in [9.17, 15) is 4.79 Å². The Morgan fingerprint density at radius 1 is 1.52 bits per heavy atom. The predicted octanol–water partition coefficient (Wildman–Crippen LogP) is 2.59. The maximum atomic E-state index is 12.0. The Hall–Kier alpha value is -1.63. The smallest absolute Gasteiger partial charge is 0.362 e. The lowest BCUT2D eigenvalue weighted by atomic mass is 9.88. The number of ether oxygens (including phenoxy) is 1. The molecule has 1 heterocycles. The van der Waals surface area contributed by atoms with E-state index < -0.39 is 5.97 Å². The molecule has 1 aromatic heterocycles. The maximum Gasteiger partial charge on any atom is 0.362 e. The van der Waals surface area contributed by atoms with Crippen LogP contribution in [0.25, 0.3) is 0 Å². The Labute approximate surface area is 128 Å². The first kappa shape index (κ1) is 15.8. The van der Waals surface area contributed by atoms with Crippen molar-refractivity contribution in [3.63, 3.8) is 0 Å². The number of anilines is 1. The molecule has 0 radical (unpaired) electrons. The molecule has 6 nitrogen and oxygen atoms in total. The predicted molar refractivity (Wildman–Crippen MR) is 82.2 cm³/mol. The lowest BCUT2D eigenvalue weighted by Gasteiger charge is -2.26. The average Bonchev–Trinajstić information content (AvgIpc) is 2.88. The van der Waals surface area contributed by atoms with E-state index in [0.29, 0.717) is 16.7 Å². The molecule has 116 valence electrons. The van der Waals surface area contributed by atoms with Crippen molar-refractivity contribution in [2.45, 2.75) is 45.6 Å². The molecule has 1 fully saturated rings. The monoisotopic (exact) mass is 311 g/mol. The van der Waals surface area contributed by atoms with Gasteiger partial charge >= 0.3 is 5.97 Å². The Morgan fingerprint density at radius 2 is 2.29 bits per heavy atom. The molecule has 2 atom stereocenters. The van der Waals surface area contributed by atoms with Crippen molar-refractivity contribution >= 4 is 28.1 Å². The van der Waals surface area contributed by atoms with Gasteiger partial charge in [-0.05, 0) is 32.1 Å². The molecule has 2 N–H and O–H groups in total. The zero-order chi connectivity index (χ0) is 15.2. The summed E-state index contributed by atoms with van der Waals surface area (Å²) in [4.78, 5) is 21.7. The van der Waals surface area contributed by atoms with E-state index in [0.717, 1.165) is 19.3 Å². The molecule has 0 amide bonds. The molecule has 7 heteroatoms. The number of nitrogens with two attached hydrogens (primary N) is 1. The van der Waals surface area contributed by atoms with Gasteiger partial charge in [-0.15, -0.1) is 11.3 Å². The molecule has 1 aromatic rings. The first-order valence-electron chi connectivity index (χ1n) is 7.24. The number of nitrogens with zero attached hydrogens (tertiary/aromatic N) is 2. The zero-order valence-electron chi connectivity index (χ0n) is 12.4. The van der Waals surface area contributed by atoms with Crippen LogP contribution >= 0.6 is 11.3 Å². The van der Waals surface area contributed by atoms with E-state index in [1.807, 2.05) is 0 Å². The van der Waals surface area contributed by atoms with Crippen molar-refractivity contribution in [1.29, 1.82) is 0 Å². The van der Waals surface area contributed by atoms with Crippen LogP contribution in [-0.2, 0) is 14.4 Å². The van der Waals surface area contributed by atoms with Crippen LogP contribution < -0.4 is 5.73 Å². The van der Waals surface area contributed by atoms with Gasteiger partial charge in [0, 0.05) is 5.38 Å². The number of oxime groups is 1. The Kier molecular flexibility index (Phi) is 5.55. The summed E-state index contributed by atoms with van der Waals surface area (Å²) in [6.45, 7) is 4.16. The molecule has 1 aliphatic rings. The first-order valence-corrected chi connectivity index (χ1v) is 8.12. The fourth-order valence-corrected chi connectivity index (χ4v) is 2.89. The number of hydrogen-bond donors (Lipinski definition) is 1. The lowest BCUT2D eigenvalue weighted by Crippen LogP contribution is -2.26. The highest BCUT2D eigenvalue weighted by Gasteiger charge is 2.25. The topological polar surface area (TPSA) is 86.8 Å². The summed E-state index contributed by atoms with van der Waals surface area (Å²) in [5.74, 6) is -0.0993.